The number of nitrogens with zero attached hydrogens (tertiary/aromatic N) is 2. The minimum atomic E-state index is -5.03. The van der Waals surface area contributed by atoms with Gasteiger partial charge in [0.2, 0.25) is 0 Å². The summed E-state index contributed by atoms with van der Waals surface area (Å²) < 4.78 is 99.9. The van der Waals surface area contributed by atoms with Crippen molar-refractivity contribution in [2.45, 2.75) is 9.79 Å². The van der Waals surface area contributed by atoms with Crippen LogP contribution in [0.25, 0.3) is 0 Å². The first-order chi connectivity index (χ1) is 16.2. The molecule has 0 heterocycles. The predicted octanol–water partition coefficient (Wildman–Crippen LogP) is -8.91. The summed E-state index contributed by atoms with van der Waals surface area (Å²) in [7, 11) is -13.5. The van der Waals surface area contributed by atoms with E-state index in [1.807, 2.05) is 0 Å². The summed E-state index contributed by atoms with van der Waals surface area (Å²) in [5.74, 6) is -1.55. The zero-order chi connectivity index (χ0) is 26.3. The Balaban J connectivity index is 0. The van der Waals surface area contributed by atoms with Crippen molar-refractivity contribution in [3.63, 3.8) is 0 Å². The van der Waals surface area contributed by atoms with Gasteiger partial charge in [-0.15, -0.1) is 9.45 Å². The van der Waals surface area contributed by atoms with Crippen LogP contribution in [0.5, 0.6) is 0 Å². The van der Waals surface area contributed by atoms with Gasteiger partial charge in [-0.2, -0.15) is 5.11 Å². The van der Waals surface area contributed by atoms with E-state index in [9.17, 15) is 39.6 Å². The molecule has 2 aromatic carbocycles. The van der Waals surface area contributed by atoms with Crippen LogP contribution in [-0.2, 0) is 43.6 Å². The van der Waals surface area contributed by atoms with Crippen molar-refractivity contribution in [2.24, 2.45) is 10.2 Å². The van der Waals surface area contributed by atoms with Gasteiger partial charge in [-0.3, -0.25) is 9.22 Å². The maximum absolute atomic E-state index is 12.3. The van der Waals surface area contributed by atoms with Gasteiger partial charge in [0.1, 0.15) is 31.8 Å². The van der Waals surface area contributed by atoms with Gasteiger partial charge in [0.15, 0.2) is 22.2 Å². The Bertz CT molecular complexity index is 1390. The van der Waals surface area contributed by atoms with E-state index in [0.29, 0.717) is 0 Å². The standard InChI is InChI=1S/C15H18N4O12S4.3Na/c16-12-7-13(17-9-34(23,24)25)14(8-15(12)35(26,27)28)19-18-10-1-3-11(4-2-10)33(21,22)6-5-29-32-31-30-20;;;/h1-4,7-8,17,20H,5-6,9,16H2,(H,23,24,25)(H,26,27,28);;;/q;3*+1/p-3. The number of nitrogens with two attached hydrogens (primary N) is 1. The summed E-state index contributed by atoms with van der Waals surface area (Å²) in [5.41, 5.74) is 4.55. The van der Waals surface area contributed by atoms with Crippen molar-refractivity contribution >= 4 is 65.1 Å². The molecule has 0 bridgehead atoms. The summed E-state index contributed by atoms with van der Waals surface area (Å²) in [6.07, 6.45) is 0. The zero-order valence-electron chi connectivity index (χ0n) is 20.1. The van der Waals surface area contributed by atoms with Gasteiger partial charge in [0.05, 0.1) is 39.2 Å². The van der Waals surface area contributed by atoms with E-state index >= 15 is 0 Å². The normalized spacial score (nSPS) is 11.8. The van der Waals surface area contributed by atoms with Crippen molar-refractivity contribution in [1.82, 2.24) is 0 Å². The van der Waals surface area contributed by atoms with Crippen molar-refractivity contribution in [3.05, 3.63) is 36.4 Å². The van der Waals surface area contributed by atoms with E-state index in [0.717, 1.165) is 12.1 Å². The first-order valence-electron chi connectivity index (χ1n) is 8.79. The largest absolute Gasteiger partial charge is 1.00 e. The van der Waals surface area contributed by atoms with Crippen molar-refractivity contribution in [1.29, 1.82) is 0 Å². The van der Waals surface area contributed by atoms with Crippen molar-refractivity contribution in [3.8, 4) is 0 Å². The smallest absolute Gasteiger partial charge is 0.747 e. The van der Waals surface area contributed by atoms with Crippen LogP contribution in [0.1, 0.15) is 0 Å². The van der Waals surface area contributed by atoms with E-state index in [4.69, 9.17) is 5.73 Å². The maximum atomic E-state index is 12.3. The van der Waals surface area contributed by atoms with Gasteiger partial charge in [-0.05, 0) is 36.4 Å². The van der Waals surface area contributed by atoms with Crippen LogP contribution in [0.3, 0.4) is 0 Å². The predicted molar refractivity (Wildman–Crippen MR) is 115 cm³/mol. The van der Waals surface area contributed by atoms with E-state index in [1.165, 1.54) is 24.3 Å². The number of hydrogen-bond acceptors (Lipinski definition) is 17. The van der Waals surface area contributed by atoms with E-state index in [-0.39, 0.29) is 130 Å². The first-order valence-corrected chi connectivity index (χ1v) is 14.1. The molecule has 0 unspecified atom stereocenters. The third-order valence-electron chi connectivity index (χ3n) is 3.84. The molecule has 0 aliphatic rings. The van der Waals surface area contributed by atoms with Crippen LogP contribution in [0.2, 0.25) is 0 Å². The summed E-state index contributed by atoms with van der Waals surface area (Å²) >= 11 is 0.158. The molecule has 0 aliphatic carbocycles. The molecule has 0 amide bonds. The SMILES string of the molecule is Nc1cc(NCS(=O)(=O)[O-])c(N=Nc2ccc(S(=O)(=O)CCOSOO[O-])cc2)cc1S(=O)(=O)[O-].[Na+].[Na+].[Na+]. The number of azo groups is 1. The number of rotatable bonds is 13. The minimum absolute atomic E-state index is 0. The number of nitrogen functional groups attached to an aromatic ring is 1. The second-order valence-corrected chi connectivity index (χ2v) is 11.6. The molecule has 0 aliphatic heterocycles. The molecule has 2 aromatic rings. The molecule has 0 saturated heterocycles. The molecule has 194 valence electrons. The quantitative estimate of drug-likeness (QED) is 0.0301. The molecule has 38 heavy (non-hydrogen) atoms. The number of benzene rings is 2. The molecule has 3 N–H and O–H groups in total. The Morgan fingerprint density at radius 3 is 2.08 bits per heavy atom. The molecule has 0 spiro atoms. The molecule has 0 radical (unpaired) electrons. The average Bonchev–Trinajstić information content (AvgIpc) is 2.75. The third kappa shape index (κ3) is 14.0. The fourth-order valence-electron chi connectivity index (χ4n) is 2.35. The van der Waals surface area contributed by atoms with Gasteiger partial charge in [0.25, 0.3) is 0 Å². The average molecular weight is 641 g/mol. The van der Waals surface area contributed by atoms with Gasteiger partial charge in [0, 0.05) is 0 Å². The Morgan fingerprint density at radius 1 is 0.947 bits per heavy atom. The number of hydrogen-bond donors (Lipinski definition) is 2. The second-order valence-electron chi connectivity index (χ2n) is 6.28. The van der Waals surface area contributed by atoms with Gasteiger partial charge in [-0.25, -0.2) is 25.3 Å². The van der Waals surface area contributed by atoms with Gasteiger partial charge >= 0.3 is 88.7 Å². The Kier molecular flexibility index (Phi) is 19.5. The van der Waals surface area contributed by atoms with Crippen LogP contribution < -0.4 is 105 Å². The molecular formula is C15H15N4Na3O12S4. The maximum Gasteiger partial charge on any atom is 1.00 e. The Morgan fingerprint density at radius 2 is 1.55 bits per heavy atom. The summed E-state index contributed by atoms with van der Waals surface area (Å²) in [4.78, 5) is -0.961. The van der Waals surface area contributed by atoms with E-state index in [1.54, 1.807) is 0 Å². The fraction of sp³-hybridized carbons (Fsp3) is 0.200. The summed E-state index contributed by atoms with van der Waals surface area (Å²) in [5, 5.41) is 22.4. The molecule has 0 fully saturated rings. The van der Waals surface area contributed by atoms with Crippen LogP contribution in [-0.4, -0.2) is 52.6 Å². The Labute approximate surface area is 289 Å². The minimum Gasteiger partial charge on any atom is -0.747 e. The van der Waals surface area contributed by atoms with Crippen LogP contribution in [0.4, 0.5) is 22.7 Å². The summed E-state index contributed by atoms with van der Waals surface area (Å²) in [6.45, 7) is -0.325. The first kappa shape index (κ1) is 40.7. The number of anilines is 2. The van der Waals surface area contributed by atoms with Gasteiger partial charge in [-0.1, -0.05) is 0 Å². The zero-order valence-corrected chi connectivity index (χ0v) is 29.4. The number of sulfone groups is 1. The topological polar surface area (TPSA) is 262 Å². The van der Waals surface area contributed by atoms with Crippen molar-refractivity contribution in [2.75, 3.05) is 29.3 Å². The van der Waals surface area contributed by atoms with Crippen LogP contribution in [0.15, 0.2) is 56.4 Å². The van der Waals surface area contributed by atoms with Crippen LogP contribution in [0, 0.1) is 0 Å². The van der Waals surface area contributed by atoms with E-state index < -0.39 is 52.3 Å². The molecule has 16 nitrogen and oxygen atoms in total. The molecule has 0 atom stereocenters. The van der Waals surface area contributed by atoms with Crippen molar-refractivity contribution < 1.29 is 142 Å². The monoisotopic (exact) mass is 640 g/mol. The molecular weight excluding hydrogens is 625 g/mol. The molecule has 0 aromatic heterocycles. The molecule has 0 saturated carbocycles. The molecule has 23 heteroatoms. The third-order valence-corrected chi connectivity index (χ3v) is 7.30. The Hall–Kier alpha value is 0.600. The fourth-order valence-corrected chi connectivity index (χ4v) is 4.70. The van der Waals surface area contributed by atoms with Gasteiger partial charge < -0.3 is 25.4 Å². The van der Waals surface area contributed by atoms with E-state index in [2.05, 4.69) is 29.1 Å². The van der Waals surface area contributed by atoms with Crippen LogP contribution >= 0.6 is 12.3 Å². The molecule has 2 rings (SSSR count). The summed E-state index contributed by atoms with van der Waals surface area (Å²) in [6, 6.07) is 6.51. The second kappa shape index (κ2) is 18.2. The number of nitrogens with one attached hydrogen (secondary N) is 1.